The summed E-state index contributed by atoms with van der Waals surface area (Å²) in [5.74, 6) is -1.53. The van der Waals surface area contributed by atoms with Crippen molar-refractivity contribution in [3.63, 3.8) is 0 Å². The van der Waals surface area contributed by atoms with Crippen LogP contribution in [-0.4, -0.2) is 55.1 Å². The zero-order valence-electron chi connectivity index (χ0n) is 22.9. The molecule has 9 heteroatoms. The molecule has 214 valence electrons. The quantitative estimate of drug-likeness (QED) is 0.240. The maximum Gasteiger partial charge on any atom is 0.243 e. The second-order valence-electron chi connectivity index (χ2n) is 10.4. The number of benzene rings is 3. The molecule has 4 N–H and O–H groups in total. The van der Waals surface area contributed by atoms with Gasteiger partial charge in [0.1, 0.15) is 12.3 Å². The van der Waals surface area contributed by atoms with Gasteiger partial charge in [0.25, 0.3) is 0 Å². The van der Waals surface area contributed by atoms with Crippen LogP contribution in [0.25, 0.3) is 10.8 Å². The van der Waals surface area contributed by atoms with Crippen molar-refractivity contribution in [2.24, 2.45) is 5.92 Å². The zero-order valence-corrected chi connectivity index (χ0v) is 22.9. The summed E-state index contributed by atoms with van der Waals surface area (Å²) >= 11 is 0. The molecule has 1 fully saturated rings. The number of hydrogen-bond acceptors (Lipinski definition) is 5. The van der Waals surface area contributed by atoms with Crippen LogP contribution >= 0.6 is 0 Å². The number of piperidine rings is 1. The average molecular weight is 557 g/mol. The summed E-state index contributed by atoms with van der Waals surface area (Å²) in [4.78, 5) is 62.3. The molecule has 0 unspecified atom stereocenters. The van der Waals surface area contributed by atoms with Gasteiger partial charge >= 0.3 is 0 Å². The molecule has 0 spiro atoms. The highest BCUT2D eigenvalue weighted by Crippen LogP contribution is 2.20. The maximum atomic E-state index is 13.3. The highest BCUT2D eigenvalue weighted by molar-refractivity contribution is 5.93. The number of aldehydes is 1. The van der Waals surface area contributed by atoms with Gasteiger partial charge in [-0.1, -0.05) is 72.8 Å². The molecule has 0 radical (unpaired) electrons. The smallest absolute Gasteiger partial charge is 0.243 e. The molecular formula is C32H36N4O5. The normalized spacial score (nSPS) is 16.2. The molecule has 3 aromatic rings. The van der Waals surface area contributed by atoms with E-state index in [1.807, 2.05) is 72.8 Å². The Balaban J connectivity index is 1.37. The van der Waals surface area contributed by atoms with Gasteiger partial charge in [-0.2, -0.15) is 0 Å². The summed E-state index contributed by atoms with van der Waals surface area (Å²) in [5, 5.41) is 12.9. The SMILES string of the molecule is O=C[C@H](CC[C@@H]1CCCNC1=O)NC(=O)CNC(=O)[C@H](Cc1cccc2ccccc12)NC(=O)Cc1ccccc1. The zero-order chi connectivity index (χ0) is 29.0. The van der Waals surface area contributed by atoms with Crippen LogP contribution in [0.3, 0.4) is 0 Å². The van der Waals surface area contributed by atoms with Crippen LogP contribution in [0.15, 0.2) is 72.8 Å². The Kier molecular flexibility index (Phi) is 10.6. The van der Waals surface area contributed by atoms with E-state index in [-0.39, 0.29) is 37.1 Å². The monoisotopic (exact) mass is 556 g/mol. The van der Waals surface area contributed by atoms with Gasteiger partial charge in [-0.05, 0) is 47.6 Å². The van der Waals surface area contributed by atoms with Crippen molar-refractivity contribution in [3.05, 3.63) is 83.9 Å². The van der Waals surface area contributed by atoms with Gasteiger partial charge in [0, 0.05) is 18.9 Å². The number of amides is 4. The van der Waals surface area contributed by atoms with Gasteiger partial charge < -0.3 is 26.1 Å². The van der Waals surface area contributed by atoms with Gasteiger partial charge in [-0.15, -0.1) is 0 Å². The maximum absolute atomic E-state index is 13.3. The molecule has 41 heavy (non-hydrogen) atoms. The van der Waals surface area contributed by atoms with Crippen molar-refractivity contribution >= 4 is 40.7 Å². The first kappa shape index (κ1) is 29.5. The Labute approximate surface area is 239 Å². The first-order valence-corrected chi connectivity index (χ1v) is 14.0. The van der Waals surface area contributed by atoms with E-state index >= 15 is 0 Å². The fraction of sp³-hybridized carbons (Fsp3) is 0.344. The van der Waals surface area contributed by atoms with Gasteiger partial charge in [0.2, 0.25) is 23.6 Å². The lowest BCUT2D eigenvalue weighted by Crippen LogP contribution is -2.51. The van der Waals surface area contributed by atoms with Crippen LogP contribution in [0.2, 0.25) is 0 Å². The van der Waals surface area contributed by atoms with E-state index < -0.39 is 23.9 Å². The minimum atomic E-state index is -0.920. The number of fused-ring (bicyclic) bond motifs is 1. The van der Waals surface area contributed by atoms with Crippen molar-refractivity contribution in [3.8, 4) is 0 Å². The van der Waals surface area contributed by atoms with E-state index in [9.17, 15) is 24.0 Å². The second kappa shape index (κ2) is 14.7. The van der Waals surface area contributed by atoms with E-state index in [0.29, 0.717) is 25.7 Å². The Morgan fingerprint density at radius 3 is 2.46 bits per heavy atom. The molecule has 4 rings (SSSR count). The fourth-order valence-corrected chi connectivity index (χ4v) is 5.14. The molecule has 9 nitrogen and oxygen atoms in total. The summed E-state index contributed by atoms with van der Waals surface area (Å²) in [6, 6.07) is 21.2. The van der Waals surface area contributed by atoms with Gasteiger partial charge in [0.05, 0.1) is 19.0 Å². The van der Waals surface area contributed by atoms with Crippen molar-refractivity contribution < 1.29 is 24.0 Å². The second-order valence-corrected chi connectivity index (χ2v) is 10.4. The summed E-state index contributed by atoms with van der Waals surface area (Å²) < 4.78 is 0. The Morgan fingerprint density at radius 2 is 1.68 bits per heavy atom. The van der Waals surface area contributed by atoms with E-state index in [2.05, 4.69) is 21.3 Å². The Hall–Kier alpha value is -4.53. The molecule has 4 amide bonds. The van der Waals surface area contributed by atoms with Crippen LogP contribution < -0.4 is 21.3 Å². The van der Waals surface area contributed by atoms with E-state index in [1.54, 1.807) is 0 Å². The van der Waals surface area contributed by atoms with Crippen molar-refractivity contribution in [2.45, 2.75) is 50.6 Å². The van der Waals surface area contributed by atoms with Gasteiger partial charge in [0.15, 0.2) is 0 Å². The lowest BCUT2D eigenvalue weighted by molar-refractivity contribution is -0.130. The fourth-order valence-electron chi connectivity index (χ4n) is 5.14. The predicted molar refractivity (Wildman–Crippen MR) is 156 cm³/mol. The Morgan fingerprint density at radius 1 is 0.927 bits per heavy atom. The van der Waals surface area contributed by atoms with Crippen LogP contribution in [0.4, 0.5) is 0 Å². The molecule has 0 aromatic heterocycles. The van der Waals surface area contributed by atoms with Crippen LogP contribution in [0.1, 0.15) is 36.8 Å². The molecule has 0 saturated carbocycles. The third kappa shape index (κ3) is 8.73. The molecule has 3 atom stereocenters. The summed E-state index contributed by atoms with van der Waals surface area (Å²) in [7, 11) is 0. The molecule has 1 heterocycles. The molecule has 1 aliphatic heterocycles. The molecule has 3 aromatic carbocycles. The third-order valence-corrected chi connectivity index (χ3v) is 7.32. The van der Waals surface area contributed by atoms with Crippen molar-refractivity contribution in [1.29, 1.82) is 0 Å². The van der Waals surface area contributed by atoms with Crippen LogP contribution in [0, 0.1) is 5.92 Å². The first-order valence-electron chi connectivity index (χ1n) is 14.0. The number of hydrogen-bond donors (Lipinski definition) is 4. The summed E-state index contributed by atoms with van der Waals surface area (Å²) in [6.07, 6.45) is 3.46. The Bertz CT molecular complexity index is 1370. The van der Waals surface area contributed by atoms with Crippen LogP contribution in [0.5, 0.6) is 0 Å². The highest BCUT2D eigenvalue weighted by Gasteiger charge is 2.25. The highest BCUT2D eigenvalue weighted by atomic mass is 16.2. The number of rotatable bonds is 13. The van der Waals surface area contributed by atoms with E-state index in [0.717, 1.165) is 34.7 Å². The lowest BCUT2D eigenvalue weighted by atomic mass is 9.92. The topological polar surface area (TPSA) is 133 Å². The number of carbonyl (C=O) groups is 5. The lowest BCUT2D eigenvalue weighted by Gasteiger charge is -2.23. The standard InChI is InChI=1S/C32H36N4O5/c37-21-26(16-15-24-13-7-17-33-31(24)40)35-30(39)20-34-32(41)28(36-29(38)18-22-8-2-1-3-9-22)19-25-12-6-11-23-10-4-5-14-27(23)25/h1-6,8-12,14,21,24,26,28H,7,13,15-20H2,(H,33,40)(H,34,41)(H,35,39)(H,36,38)/t24-,26-,28-/m0/s1. The summed E-state index contributed by atoms with van der Waals surface area (Å²) in [5.41, 5.74) is 1.71. The van der Waals surface area contributed by atoms with Gasteiger partial charge in [-0.25, -0.2) is 0 Å². The van der Waals surface area contributed by atoms with E-state index in [4.69, 9.17) is 0 Å². The molecule has 0 aliphatic carbocycles. The molecule has 0 bridgehead atoms. The molecule has 1 saturated heterocycles. The third-order valence-electron chi connectivity index (χ3n) is 7.32. The molecular weight excluding hydrogens is 520 g/mol. The van der Waals surface area contributed by atoms with E-state index in [1.165, 1.54) is 0 Å². The number of carbonyl (C=O) groups excluding carboxylic acids is 5. The first-order chi connectivity index (χ1) is 19.9. The predicted octanol–water partition coefficient (Wildman–Crippen LogP) is 2.22. The van der Waals surface area contributed by atoms with Crippen LogP contribution in [-0.2, 0) is 36.8 Å². The minimum Gasteiger partial charge on any atom is -0.356 e. The van der Waals surface area contributed by atoms with Gasteiger partial charge in [-0.3, -0.25) is 19.2 Å². The molecule has 1 aliphatic rings. The summed E-state index contributed by atoms with van der Waals surface area (Å²) in [6.45, 7) is 0.310. The van der Waals surface area contributed by atoms with Crippen molar-refractivity contribution in [2.75, 3.05) is 13.1 Å². The largest absolute Gasteiger partial charge is 0.356 e. The number of nitrogens with one attached hydrogen (secondary N) is 4. The minimum absolute atomic E-state index is 0.0222. The van der Waals surface area contributed by atoms with Crippen molar-refractivity contribution in [1.82, 2.24) is 21.3 Å². The average Bonchev–Trinajstić information content (AvgIpc) is 2.99.